The Balaban J connectivity index is 0.000000420. The van der Waals surface area contributed by atoms with Crippen LogP contribution in [0.25, 0.3) is 0 Å². The molecule has 54 heavy (non-hydrogen) atoms. The summed E-state index contributed by atoms with van der Waals surface area (Å²) in [5.74, 6) is 1.02. The Hall–Kier alpha value is -4.04. The van der Waals surface area contributed by atoms with E-state index in [1.165, 1.54) is 36.8 Å². The number of fused-ring (bicyclic) bond motifs is 2. The normalized spacial score (nSPS) is 22.9. The fourth-order valence-corrected chi connectivity index (χ4v) is 7.61. The predicted molar refractivity (Wildman–Crippen MR) is 207 cm³/mol. The van der Waals surface area contributed by atoms with Crippen molar-refractivity contribution in [3.63, 3.8) is 0 Å². The molecule has 3 unspecified atom stereocenters. The number of halogens is 4. The highest BCUT2D eigenvalue weighted by Crippen LogP contribution is 2.43. The van der Waals surface area contributed by atoms with Gasteiger partial charge in [-0.05, 0) is 87.4 Å². The molecule has 3 atom stereocenters. The van der Waals surface area contributed by atoms with Gasteiger partial charge in [0.15, 0.2) is 0 Å². The van der Waals surface area contributed by atoms with Crippen LogP contribution in [0.1, 0.15) is 113 Å². The molecule has 1 aromatic carbocycles. The molecule has 1 amide bonds. The van der Waals surface area contributed by atoms with E-state index >= 15 is 0 Å². The SMILES string of the molecule is CC.CC12CCCN1C/C(=C\F)C2.CCC(C)c1nc2c(c(N3CCCN=C(/C=C(\N)C(=O)N(C)C)C3)n1)COC(c1cc(N)cc(C)c1C(F)(F)F)C2. The van der Waals surface area contributed by atoms with Gasteiger partial charge in [-0.25, -0.2) is 14.4 Å². The van der Waals surface area contributed by atoms with E-state index < -0.39 is 17.8 Å². The van der Waals surface area contributed by atoms with Crippen molar-refractivity contribution in [1.29, 1.82) is 0 Å². The molecule has 10 nitrogen and oxygen atoms in total. The van der Waals surface area contributed by atoms with Gasteiger partial charge in [-0.15, -0.1) is 0 Å². The summed E-state index contributed by atoms with van der Waals surface area (Å²) in [7, 11) is 3.26. The predicted octanol–water partition coefficient (Wildman–Crippen LogP) is 7.42. The molecule has 2 fully saturated rings. The standard InChI is InChI=1S/C29H38F3N7O2.C9H14FN.C2H6/c1-6-16(2)26-36-23-13-24(20-11-18(33)10-17(3)25(20)29(30,31)32)41-15-21(23)27(37-26)39-9-7-8-35-19(14-39)12-22(34)28(40)38(4)5;1-9-3-2-4-11(9)7-8(5-9)6-10;1-2/h10-12,16,24H,6-9,13-15,33-34H2,1-5H3;6H,2-5,7H2,1H3;1-2H3/b22-12-;8-6-;. The lowest BCUT2D eigenvalue weighted by Gasteiger charge is -2.32. The molecule has 2 aromatic rings. The zero-order chi connectivity index (χ0) is 40.0. The Morgan fingerprint density at radius 3 is 2.52 bits per heavy atom. The lowest BCUT2D eigenvalue weighted by molar-refractivity contribution is -0.140. The number of aromatic nitrogens is 2. The number of aryl methyl sites for hydroxylation is 1. The van der Waals surface area contributed by atoms with Gasteiger partial charge in [0.05, 0.1) is 48.3 Å². The average Bonchev–Trinajstić information content (AvgIpc) is 3.54. The summed E-state index contributed by atoms with van der Waals surface area (Å²) in [6, 6.07) is 2.68. The van der Waals surface area contributed by atoms with E-state index in [4.69, 9.17) is 26.2 Å². The Morgan fingerprint density at radius 2 is 1.89 bits per heavy atom. The van der Waals surface area contributed by atoms with Gasteiger partial charge in [0.25, 0.3) is 5.91 Å². The van der Waals surface area contributed by atoms with Crippen molar-refractivity contribution < 1.29 is 27.1 Å². The molecule has 4 aliphatic heterocycles. The van der Waals surface area contributed by atoms with Crippen LogP contribution in [0, 0.1) is 6.92 Å². The van der Waals surface area contributed by atoms with Crippen molar-refractivity contribution >= 4 is 23.1 Å². The summed E-state index contributed by atoms with van der Waals surface area (Å²) in [5, 5.41) is 0. The van der Waals surface area contributed by atoms with Gasteiger partial charge in [0.2, 0.25) is 0 Å². The molecule has 6 rings (SSSR count). The minimum Gasteiger partial charge on any atom is -0.399 e. The number of nitrogen functional groups attached to an aromatic ring is 1. The van der Waals surface area contributed by atoms with Gasteiger partial charge in [0, 0.05) is 62.9 Å². The molecule has 1 aromatic heterocycles. The van der Waals surface area contributed by atoms with Crippen molar-refractivity contribution in [2.24, 2.45) is 10.7 Å². The summed E-state index contributed by atoms with van der Waals surface area (Å²) < 4.78 is 60.6. The average molecular weight is 759 g/mol. The highest BCUT2D eigenvalue weighted by molar-refractivity contribution is 6.05. The van der Waals surface area contributed by atoms with Crippen LogP contribution in [0.5, 0.6) is 0 Å². The molecule has 0 bridgehead atoms. The van der Waals surface area contributed by atoms with Crippen molar-refractivity contribution in [1.82, 2.24) is 19.8 Å². The number of ether oxygens (including phenoxy) is 1. The first kappa shape index (κ1) is 42.7. The maximum absolute atomic E-state index is 14.1. The number of anilines is 2. The molecule has 0 spiro atoms. The van der Waals surface area contributed by atoms with Crippen LogP contribution in [0.4, 0.5) is 29.1 Å². The number of alkyl halides is 3. The molecular weight excluding hydrogens is 700 g/mol. The summed E-state index contributed by atoms with van der Waals surface area (Å²) in [6.07, 6.45) is 2.14. The molecule has 2 saturated heterocycles. The molecule has 4 N–H and O–H groups in total. The Bertz CT molecular complexity index is 1740. The molecule has 14 heteroatoms. The quantitative estimate of drug-likeness (QED) is 0.177. The number of hydrogen-bond acceptors (Lipinski definition) is 9. The number of nitrogens with zero attached hydrogens (tertiary/aromatic N) is 6. The number of hydrogen-bond donors (Lipinski definition) is 2. The number of carbonyl (C=O) groups is 1. The lowest BCUT2D eigenvalue weighted by atomic mass is 9.91. The first-order chi connectivity index (χ1) is 25.5. The molecule has 0 radical (unpaired) electrons. The summed E-state index contributed by atoms with van der Waals surface area (Å²) in [6.45, 7) is 15.4. The molecule has 4 aliphatic rings. The lowest BCUT2D eigenvalue weighted by Crippen LogP contribution is -2.34. The third-order valence-corrected chi connectivity index (χ3v) is 10.6. The van der Waals surface area contributed by atoms with Crippen LogP contribution < -0.4 is 16.4 Å². The first-order valence-corrected chi connectivity index (χ1v) is 19.0. The third-order valence-electron chi connectivity index (χ3n) is 10.6. The van der Waals surface area contributed by atoms with Gasteiger partial charge in [-0.2, -0.15) is 13.2 Å². The maximum Gasteiger partial charge on any atom is 0.417 e. The van der Waals surface area contributed by atoms with E-state index in [2.05, 4.69) is 21.7 Å². The molecular formula is C40H58F4N8O2. The van der Waals surface area contributed by atoms with Gasteiger partial charge < -0.3 is 26.0 Å². The first-order valence-electron chi connectivity index (χ1n) is 19.0. The zero-order valence-corrected chi connectivity index (χ0v) is 33.1. The van der Waals surface area contributed by atoms with Gasteiger partial charge in [-0.3, -0.25) is 14.7 Å². The Kier molecular flexibility index (Phi) is 14.3. The number of rotatable bonds is 6. The largest absolute Gasteiger partial charge is 0.417 e. The van der Waals surface area contributed by atoms with Crippen LogP contribution in [-0.2, 0) is 28.7 Å². The van der Waals surface area contributed by atoms with E-state index in [1.807, 2.05) is 27.7 Å². The second kappa shape index (κ2) is 18.1. The minimum atomic E-state index is -4.55. The van der Waals surface area contributed by atoms with Crippen molar-refractivity contribution in [2.45, 2.75) is 110 Å². The molecule has 0 aliphatic carbocycles. The van der Waals surface area contributed by atoms with Gasteiger partial charge >= 0.3 is 6.18 Å². The number of aliphatic imine (C=N–C) groups is 1. The van der Waals surface area contributed by atoms with Crippen molar-refractivity contribution in [3.05, 3.63) is 69.6 Å². The summed E-state index contributed by atoms with van der Waals surface area (Å²) in [5.41, 5.74) is 15.0. The second-order valence-electron chi connectivity index (χ2n) is 14.9. The van der Waals surface area contributed by atoms with Crippen LogP contribution >= 0.6 is 0 Å². The molecule has 5 heterocycles. The number of amides is 1. The zero-order valence-electron chi connectivity index (χ0n) is 33.1. The second-order valence-corrected chi connectivity index (χ2v) is 14.9. The number of benzene rings is 1. The topological polar surface area (TPSA) is 126 Å². The van der Waals surface area contributed by atoms with Crippen LogP contribution in [0.15, 0.2) is 40.8 Å². The number of carbonyl (C=O) groups excluding carboxylic acids is 1. The smallest absolute Gasteiger partial charge is 0.399 e. The highest BCUT2D eigenvalue weighted by atomic mass is 19.4. The monoisotopic (exact) mass is 758 g/mol. The van der Waals surface area contributed by atoms with Crippen LogP contribution in [-0.4, -0.2) is 83.7 Å². The summed E-state index contributed by atoms with van der Waals surface area (Å²) in [4.78, 5) is 32.6. The van der Waals surface area contributed by atoms with Crippen LogP contribution in [0.2, 0.25) is 0 Å². The van der Waals surface area contributed by atoms with E-state index in [0.717, 1.165) is 49.8 Å². The fourth-order valence-electron chi connectivity index (χ4n) is 7.61. The summed E-state index contributed by atoms with van der Waals surface area (Å²) >= 11 is 0. The van der Waals surface area contributed by atoms with E-state index in [0.29, 0.717) is 48.2 Å². The van der Waals surface area contributed by atoms with Gasteiger partial charge in [-0.1, -0.05) is 27.7 Å². The Labute approximate surface area is 317 Å². The fraction of sp³-hybridized carbons (Fsp3) is 0.600. The minimum absolute atomic E-state index is 0.0151. The molecule has 0 saturated carbocycles. The number of nitrogens with two attached hydrogens (primary N) is 2. The van der Waals surface area contributed by atoms with Crippen molar-refractivity contribution in [3.8, 4) is 0 Å². The molecule has 298 valence electrons. The van der Waals surface area contributed by atoms with Crippen molar-refractivity contribution in [2.75, 3.05) is 57.5 Å². The van der Waals surface area contributed by atoms with Gasteiger partial charge in [0.1, 0.15) is 11.6 Å². The highest BCUT2D eigenvalue weighted by Gasteiger charge is 2.42. The Morgan fingerprint density at radius 1 is 1.17 bits per heavy atom. The van der Waals surface area contributed by atoms with E-state index in [9.17, 15) is 22.4 Å². The van der Waals surface area contributed by atoms with E-state index in [-0.39, 0.29) is 47.4 Å². The number of likely N-dealkylation sites (N-methyl/N-ethyl adjacent to an activating group) is 1. The third kappa shape index (κ3) is 9.79. The van der Waals surface area contributed by atoms with E-state index in [1.54, 1.807) is 20.2 Å². The van der Waals surface area contributed by atoms with Crippen LogP contribution in [0.3, 0.4) is 0 Å². The maximum atomic E-state index is 14.1.